The van der Waals surface area contributed by atoms with Gasteiger partial charge >= 0.3 is 0 Å². The van der Waals surface area contributed by atoms with Gasteiger partial charge in [-0.25, -0.2) is 4.98 Å². The van der Waals surface area contributed by atoms with Crippen molar-refractivity contribution in [1.82, 2.24) is 9.97 Å². The van der Waals surface area contributed by atoms with Crippen LogP contribution < -0.4 is 9.47 Å². The highest BCUT2D eigenvalue weighted by Gasteiger charge is 2.08. The van der Waals surface area contributed by atoms with Crippen LogP contribution in [0.3, 0.4) is 0 Å². The first kappa shape index (κ1) is 18.3. The van der Waals surface area contributed by atoms with E-state index >= 15 is 0 Å². The Morgan fingerprint density at radius 3 is 2.42 bits per heavy atom. The number of benzene rings is 2. The van der Waals surface area contributed by atoms with E-state index in [-0.39, 0.29) is 0 Å². The number of ether oxygens (including phenoxy) is 2. The van der Waals surface area contributed by atoms with Crippen LogP contribution in [0, 0.1) is 6.92 Å². The second kappa shape index (κ2) is 8.72. The number of aryl methyl sites for hydroxylation is 2. The fourth-order valence-electron chi connectivity index (χ4n) is 2.46. The van der Waals surface area contributed by atoms with Crippen LogP contribution in [0.25, 0.3) is 0 Å². The number of hydrogen-bond acceptors (Lipinski definition) is 5. The van der Waals surface area contributed by atoms with Gasteiger partial charge in [0.2, 0.25) is 5.88 Å². The lowest BCUT2D eigenvalue weighted by Gasteiger charge is -2.09. The van der Waals surface area contributed by atoms with Gasteiger partial charge in [0.25, 0.3) is 0 Å². The zero-order valence-corrected chi connectivity index (χ0v) is 16.0. The highest BCUT2D eigenvalue weighted by molar-refractivity contribution is 7.98. The molecule has 0 bridgehead atoms. The maximum atomic E-state index is 5.91. The fraction of sp³-hybridized carbons (Fsp3) is 0.238. The molecule has 4 nitrogen and oxygen atoms in total. The molecule has 0 saturated carbocycles. The molecular weight excluding hydrogens is 344 g/mol. The Morgan fingerprint density at radius 1 is 0.962 bits per heavy atom. The molecule has 3 aromatic rings. The van der Waals surface area contributed by atoms with Gasteiger partial charge in [-0.05, 0) is 43.2 Å². The minimum atomic E-state index is 0.564. The van der Waals surface area contributed by atoms with Crippen LogP contribution in [0.2, 0.25) is 0 Å². The lowest BCUT2D eigenvalue weighted by atomic mass is 10.2. The Hall–Kier alpha value is -2.53. The number of methoxy groups -OCH3 is 1. The second-order valence-corrected chi connectivity index (χ2v) is 6.83. The lowest BCUT2D eigenvalue weighted by Crippen LogP contribution is -1.97. The summed E-state index contributed by atoms with van der Waals surface area (Å²) in [6.45, 7) is 4.18. The zero-order valence-electron chi connectivity index (χ0n) is 15.2. The van der Waals surface area contributed by atoms with Crippen molar-refractivity contribution in [2.75, 3.05) is 7.11 Å². The Bertz CT molecular complexity index is 866. The molecule has 1 aromatic heterocycles. The van der Waals surface area contributed by atoms with Gasteiger partial charge in [0.15, 0.2) is 5.16 Å². The van der Waals surface area contributed by atoms with Crippen LogP contribution >= 0.6 is 11.8 Å². The molecule has 0 unspecified atom stereocenters. The molecule has 0 radical (unpaired) electrons. The van der Waals surface area contributed by atoms with Gasteiger partial charge in [-0.1, -0.05) is 48.5 Å². The van der Waals surface area contributed by atoms with Crippen LogP contribution in [-0.2, 0) is 12.2 Å². The monoisotopic (exact) mass is 366 g/mol. The molecule has 0 amide bonds. The number of nitrogens with zero attached hydrogens (tertiary/aromatic N) is 2. The molecule has 0 spiro atoms. The Labute approximate surface area is 158 Å². The summed E-state index contributed by atoms with van der Waals surface area (Å²) in [7, 11) is 1.64. The van der Waals surface area contributed by atoms with Crippen LogP contribution in [0.15, 0.2) is 59.8 Å². The molecule has 0 fully saturated rings. The third-order valence-corrected chi connectivity index (χ3v) is 4.75. The van der Waals surface area contributed by atoms with Gasteiger partial charge < -0.3 is 9.47 Å². The van der Waals surface area contributed by atoms with E-state index < -0.39 is 0 Å². The predicted octanol–water partition coefficient (Wildman–Crippen LogP) is 5.44. The van der Waals surface area contributed by atoms with Gasteiger partial charge in [-0.3, -0.25) is 0 Å². The summed E-state index contributed by atoms with van der Waals surface area (Å²) in [4.78, 5) is 9.17. The highest BCUT2D eigenvalue weighted by atomic mass is 32.2. The van der Waals surface area contributed by atoms with Crippen molar-refractivity contribution in [3.63, 3.8) is 0 Å². The van der Waals surface area contributed by atoms with E-state index in [1.165, 1.54) is 11.1 Å². The summed E-state index contributed by atoms with van der Waals surface area (Å²) in [6.07, 6.45) is 0.833. The number of hydrogen-bond donors (Lipinski definition) is 0. The van der Waals surface area contributed by atoms with E-state index in [9.17, 15) is 0 Å². The van der Waals surface area contributed by atoms with Crippen molar-refractivity contribution in [2.45, 2.75) is 31.2 Å². The zero-order chi connectivity index (χ0) is 18.4. The Morgan fingerprint density at radius 2 is 1.73 bits per heavy atom. The van der Waals surface area contributed by atoms with E-state index in [0.29, 0.717) is 5.88 Å². The molecule has 26 heavy (non-hydrogen) atoms. The standard InChI is InChI=1S/C21H22N2O2S/c1-4-17-13-20(25-19-10-8-18(24-3)9-11-19)23-21(22-17)26-14-16-7-5-6-15(2)12-16/h5-13H,4,14H2,1-3H3. The van der Waals surface area contributed by atoms with Crippen molar-refractivity contribution in [2.24, 2.45) is 0 Å². The van der Waals surface area contributed by atoms with E-state index in [4.69, 9.17) is 9.47 Å². The summed E-state index contributed by atoms with van der Waals surface area (Å²) >= 11 is 1.62. The first-order valence-corrected chi connectivity index (χ1v) is 9.53. The maximum absolute atomic E-state index is 5.91. The molecule has 134 valence electrons. The van der Waals surface area contributed by atoms with E-state index in [2.05, 4.69) is 48.1 Å². The van der Waals surface area contributed by atoms with Crippen molar-refractivity contribution in [3.05, 3.63) is 71.4 Å². The molecule has 5 heteroatoms. The minimum Gasteiger partial charge on any atom is -0.497 e. The minimum absolute atomic E-state index is 0.564. The average molecular weight is 366 g/mol. The summed E-state index contributed by atoms with van der Waals surface area (Å²) < 4.78 is 11.1. The first-order chi connectivity index (χ1) is 12.7. The first-order valence-electron chi connectivity index (χ1n) is 8.54. The van der Waals surface area contributed by atoms with Crippen molar-refractivity contribution >= 4 is 11.8 Å². The lowest BCUT2D eigenvalue weighted by molar-refractivity contribution is 0.411. The highest BCUT2D eigenvalue weighted by Crippen LogP contribution is 2.26. The largest absolute Gasteiger partial charge is 0.497 e. The molecule has 1 heterocycles. The van der Waals surface area contributed by atoms with Gasteiger partial charge in [-0.15, -0.1) is 0 Å². The average Bonchev–Trinajstić information content (AvgIpc) is 2.67. The van der Waals surface area contributed by atoms with Crippen LogP contribution in [-0.4, -0.2) is 17.1 Å². The van der Waals surface area contributed by atoms with Crippen LogP contribution in [0.4, 0.5) is 0 Å². The number of thioether (sulfide) groups is 1. The topological polar surface area (TPSA) is 44.2 Å². The molecule has 0 aliphatic rings. The summed E-state index contributed by atoms with van der Waals surface area (Å²) in [6, 6.07) is 17.8. The predicted molar refractivity (Wildman–Crippen MR) is 105 cm³/mol. The smallest absolute Gasteiger partial charge is 0.223 e. The van der Waals surface area contributed by atoms with E-state index in [1.54, 1.807) is 18.9 Å². The summed E-state index contributed by atoms with van der Waals surface area (Å²) in [5, 5.41) is 0.731. The number of aromatic nitrogens is 2. The Balaban J connectivity index is 1.74. The fourth-order valence-corrected chi connectivity index (χ4v) is 3.27. The molecule has 0 aliphatic heterocycles. The van der Waals surface area contributed by atoms with Gasteiger partial charge in [0.1, 0.15) is 11.5 Å². The van der Waals surface area contributed by atoms with Crippen molar-refractivity contribution in [1.29, 1.82) is 0 Å². The molecule has 3 rings (SSSR count). The van der Waals surface area contributed by atoms with Gasteiger partial charge in [0.05, 0.1) is 7.11 Å². The third-order valence-electron chi connectivity index (χ3n) is 3.83. The number of rotatable bonds is 7. The van der Waals surface area contributed by atoms with Crippen LogP contribution in [0.1, 0.15) is 23.7 Å². The third kappa shape index (κ3) is 4.99. The van der Waals surface area contributed by atoms with Crippen molar-refractivity contribution in [3.8, 4) is 17.4 Å². The molecule has 0 aliphatic carbocycles. The quantitative estimate of drug-likeness (QED) is 0.411. The molecule has 2 aromatic carbocycles. The summed E-state index contributed by atoms with van der Waals surface area (Å²) in [5.74, 6) is 2.91. The van der Waals surface area contributed by atoms with Crippen LogP contribution in [0.5, 0.6) is 17.4 Å². The second-order valence-electron chi connectivity index (χ2n) is 5.89. The molecule has 0 atom stereocenters. The van der Waals surface area contributed by atoms with Gasteiger partial charge in [0, 0.05) is 17.5 Å². The normalized spacial score (nSPS) is 10.6. The molecule has 0 N–H and O–H groups in total. The SMILES string of the molecule is CCc1cc(Oc2ccc(OC)cc2)nc(SCc2cccc(C)c2)n1. The maximum Gasteiger partial charge on any atom is 0.223 e. The van der Waals surface area contributed by atoms with E-state index in [1.807, 2.05) is 30.3 Å². The summed E-state index contributed by atoms with van der Waals surface area (Å²) in [5.41, 5.74) is 3.49. The van der Waals surface area contributed by atoms with E-state index in [0.717, 1.165) is 34.5 Å². The molecular formula is C21H22N2O2S. The Kier molecular flexibility index (Phi) is 6.12. The van der Waals surface area contributed by atoms with Crippen molar-refractivity contribution < 1.29 is 9.47 Å². The van der Waals surface area contributed by atoms with Gasteiger partial charge in [-0.2, -0.15) is 4.98 Å². The molecule has 0 saturated heterocycles.